The molecule has 2 rings (SSSR count). The highest BCUT2D eigenvalue weighted by Crippen LogP contribution is 2.19. The first-order valence-electron chi connectivity index (χ1n) is 5.81. The Morgan fingerprint density at radius 3 is 2.80 bits per heavy atom. The highest BCUT2D eigenvalue weighted by Gasteiger charge is 2.17. The molecule has 0 saturated carbocycles. The molecule has 1 aliphatic heterocycles. The van der Waals surface area contributed by atoms with Crippen LogP contribution in [0.2, 0.25) is 0 Å². The summed E-state index contributed by atoms with van der Waals surface area (Å²) in [5.41, 5.74) is 3.86. The topological polar surface area (TPSA) is 37.8 Å². The Balaban J connectivity index is 2.48. The normalized spacial score (nSPS) is 15.5. The van der Waals surface area contributed by atoms with Gasteiger partial charge in [-0.15, -0.1) is 0 Å². The lowest BCUT2D eigenvalue weighted by Gasteiger charge is -2.20. The van der Waals surface area contributed by atoms with E-state index in [1.807, 2.05) is 0 Å². The molecule has 0 amide bonds. The van der Waals surface area contributed by atoms with Crippen LogP contribution in [0, 0.1) is 0 Å². The van der Waals surface area contributed by atoms with Gasteiger partial charge in [0.2, 0.25) is 0 Å². The fraction of sp³-hybridized carbons (Fsp3) is 0.667. The molecule has 3 nitrogen and oxygen atoms in total. The van der Waals surface area contributed by atoms with Gasteiger partial charge in [-0.25, -0.2) is 9.97 Å². The summed E-state index contributed by atoms with van der Waals surface area (Å²) in [6.45, 7) is 8.44. The van der Waals surface area contributed by atoms with Crippen LogP contribution < -0.4 is 5.32 Å². The molecule has 1 aliphatic rings. The quantitative estimate of drug-likeness (QED) is 0.800. The maximum absolute atomic E-state index is 4.67. The van der Waals surface area contributed by atoms with Gasteiger partial charge in [0.1, 0.15) is 5.82 Å². The van der Waals surface area contributed by atoms with Crippen molar-refractivity contribution in [1.29, 1.82) is 0 Å². The summed E-state index contributed by atoms with van der Waals surface area (Å²) < 4.78 is 0. The van der Waals surface area contributed by atoms with Crippen molar-refractivity contribution < 1.29 is 0 Å². The zero-order valence-electron chi connectivity index (χ0n) is 9.80. The molecular weight excluding hydrogens is 186 g/mol. The standard InChI is InChI=1S/C12H19N3/c1-4-10-9-5-6-13-7-11(9)15-12(14-10)8(2)3/h8,13H,4-7H2,1-3H3. The van der Waals surface area contributed by atoms with Crippen LogP contribution in [0.5, 0.6) is 0 Å². The maximum atomic E-state index is 4.67. The molecule has 82 valence electrons. The highest BCUT2D eigenvalue weighted by atomic mass is 15.0. The lowest BCUT2D eigenvalue weighted by molar-refractivity contribution is 0.601. The van der Waals surface area contributed by atoms with E-state index in [9.17, 15) is 0 Å². The summed E-state index contributed by atoms with van der Waals surface area (Å²) in [4.78, 5) is 9.31. The second-order valence-corrected chi connectivity index (χ2v) is 4.39. The predicted molar refractivity (Wildman–Crippen MR) is 60.9 cm³/mol. The Hall–Kier alpha value is -0.960. The van der Waals surface area contributed by atoms with Crippen LogP contribution in [-0.4, -0.2) is 16.5 Å². The molecule has 0 fully saturated rings. The molecule has 0 spiro atoms. The molecule has 0 unspecified atom stereocenters. The third-order valence-corrected chi connectivity index (χ3v) is 2.89. The first-order valence-corrected chi connectivity index (χ1v) is 5.81. The number of aromatic nitrogens is 2. The van der Waals surface area contributed by atoms with E-state index >= 15 is 0 Å². The maximum Gasteiger partial charge on any atom is 0.131 e. The Morgan fingerprint density at radius 1 is 1.33 bits per heavy atom. The summed E-state index contributed by atoms with van der Waals surface area (Å²) in [6, 6.07) is 0. The minimum Gasteiger partial charge on any atom is -0.311 e. The van der Waals surface area contributed by atoms with Crippen molar-refractivity contribution in [3.8, 4) is 0 Å². The molecular formula is C12H19N3. The van der Waals surface area contributed by atoms with E-state index < -0.39 is 0 Å². The molecule has 0 aromatic carbocycles. The van der Waals surface area contributed by atoms with Crippen LogP contribution in [0.25, 0.3) is 0 Å². The monoisotopic (exact) mass is 205 g/mol. The second-order valence-electron chi connectivity index (χ2n) is 4.39. The smallest absolute Gasteiger partial charge is 0.131 e. The van der Waals surface area contributed by atoms with Crippen LogP contribution in [0.15, 0.2) is 0 Å². The van der Waals surface area contributed by atoms with Gasteiger partial charge in [-0.1, -0.05) is 20.8 Å². The lowest BCUT2D eigenvalue weighted by atomic mass is 10.0. The first kappa shape index (κ1) is 10.6. The summed E-state index contributed by atoms with van der Waals surface area (Å²) in [5.74, 6) is 1.41. The molecule has 0 aliphatic carbocycles. The molecule has 0 atom stereocenters. The van der Waals surface area contributed by atoms with E-state index in [0.29, 0.717) is 5.92 Å². The van der Waals surface area contributed by atoms with Crippen molar-refractivity contribution in [2.75, 3.05) is 6.54 Å². The summed E-state index contributed by atoms with van der Waals surface area (Å²) in [6.07, 6.45) is 2.10. The number of rotatable bonds is 2. The van der Waals surface area contributed by atoms with Crippen molar-refractivity contribution in [3.63, 3.8) is 0 Å². The van der Waals surface area contributed by atoms with E-state index in [2.05, 4.69) is 36.1 Å². The summed E-state index contributed by atoms with van der Waals surface area (Å²) >= 11 is 0. The van der Waals surface area contributed by atoms with Gasteiger partial charge in [-0.2, -0.15) is 0 Å². The Bertz CT molecular complexity index is 341. The van der Waals surface area contributed by atoms with Crippen molar-refractivity contribution in [1.82, 2.24) is 15.3 Å². The van der Waals surface area contributed by atoms with Gasteiger partial charge in [0.25, 0.3) is 0 Å². The van der Waals surface area contributed by atoms with Crippen LogP contribution >= 0.6 is 0 Å². The second kappa shape index (κ2) is 4.27. The average molecular weight is 205 g/mol. The molecule has 3 heteroatoms. The van der Waals surface area contributed by atoms with Crippen LogP contribution in [-0.2, 0) is 19.4 Å². The van der Waals surface area contributed by atoms with Gasteiger partial charge in [-0.3, -0.25) is 0 Å². The van der Waals surface area contributed by atoms with E-state index in [0.717, 1.165) is 31.8 Å². The van der Waals surface area contributed by atoms with E-state index in [1.165, 1.54) is 17.0 Å². The van der Waals surface area contributed by atoms with Crippen molar-refractivity contribution in [3.05, 3.63) is 22.8 Å². The van der Waals surface area contributed by atoms with Gasteiger partial charge in [0, 0.05) is 18.2 Å². The number of fused-ring (bicyclic) bond motifs is 1. The number of nitrogens with zero attached hydrogens (tertiary/aromatic N) is 2. The molecule has 0 radical (unpaired) electrons. The molecule has 2 heterocycles. The molecule has 0 bridgehead atoms. The number of aryl methyl sites for hydroxylation is 1. The molecule has 1 N–H and O–H groups in total. The van der Waals surface area contributed by atoms with Crippen LogP contribution in [0.4, 0.5) is 0 Å². The summed E-state index contributed by atoms with van der Waals surface area (Å²) in [5, 5.41) is 3.37. The zero-order chi connectivity index (χ0) is 10.8. The SMILES string of the molecule is CCc1nc(C(C)C)nc2c1CCNC2. The highest BCUT2D eigenvalue weighted by molar-refractivity contribution is 5.29. The van der Waals surface area contributed by atoms with Crippen molar-refractivity contribution in [2.45, 2.75) is 46.1 Å². The molecule has 0 saturated heterocycles. The lowest BCUT2D eigenvalue weighted by Crippen LogP contribution is -2.27. The predicted octanol–water partition coefficient (Wildman–Crippen LogP) is 1.81. The number of hydrogen-bond acceptors (Lipinski definition) is 3. The third kappa shape index (κ3) is 2.02. The van der Waals surface area contributed by atoms with E-state index in [4.69, 9.17) is 0 Å². The zero-order valence-corrected chi connectivity index (χ0v) is 9.80. The van der Waals surface area contributed by atoms with Crippen molar-refractivity contribution in [2.24, 2.45) is 0 Å². The fourth-order valence-corrected chi connectivity index (χ4v) is 2.01. The van der Waals surface area contributed by atoms with Gasteiger partial charge in [0.15, 0.2) is 0 Å². The number of hydrogen-bond donors (Lipinski definition) is 1. The van der Waals surface area contributed by atoms with Gasteiger partial charge in [-0.05, 0) is 24.9 Å². The number of nitrogens with one attached hydrogen (secondary N) is 1. The largest absolute Gasteiger partial charge is 0.311 e. The minimum atomic E-state index is 0.419. The van der Waals surface area contributed by atoms with Crippen molar-refractivity contribution >= 4 is 0 Å². The molecule has 1 aromatic heterocycles. The Labute approximate surface area is 91.3 Å². The van der Waals surface area contributed by atoms with Crippen LogP contribution in [0.1, 0.15) is 49.5 Å². The van der Waals surface area contributed by atoms with E-state index in [-0.39, 0.29) is 0 Å². The van der Waals surface area contributed by atoms with Gasteiger partial charge >= 0.3 is 0 Å². The van der Waals surface area contributed by atoms with Gasteiger partial charge in [0.05, 0.1) is 5.69 Å². The Morgan fingerprint density at radius 2 is 2.13 bits per heavy atom. The molecule has 15 heavy (non-hydrogen) atoms. The van der Waals surface area contributed by atoms with Gasteiger partial charge < -0.3 is 5.32 Å². The van der Waals surface area contributed by atoms with Crippen LogP contribution in [0.3, 0.4) is 0 Å². The molecule has 1 aromatic rings. The average Bonchev–Trinajstić information content (AvgIpc) is 2.27. The fourth-order valence-electron chi connectivity index (χ4n) is 2.01. The third-order valence-electron chi connectivity index (χ3n) is 2.89. The summed E-state index contributed by atoms with van der Waals surface area (Å²) in [7, 11) is 0. The minimum absolute atomic E-state index is 0.419. The van der Waals surface area contributed by atoms with E-state index in [1.54, 1.807) is 0 Å². The first-order chi connectivity index (χ1) is 7.22. The Kier molecular flexibility index (Phi) is 3.00.